The van der Waals surface area contributed by atoms with Gasteiger partial charge in [0.1, 0.15) is 0 Å². The molecule has 0 saturated carbocycles. The minimum Gasteiger partial charge on any atom is -0.230 e. The lowest BCUT2D eigenvalue weighted by atomic mass is 9.93. The van der Waals surface area contributed by atoms with Crippen molar-refractivity contribution < 1.29 is 51.5 Å². The molecule has 0 fully saturated rings. The molecule has 0 aliphatic carbocycles. The van der Waals surface area contributed by atoms with Crippen molar-refractivity contribution in [2.24, 2.45) is 11.8 Å². The van der Waals surface area contributed by atoms with E-state index in [1.807, 2.05) is 0 Å². The SMILES string of the molecule is CCC(C)C(C)C(OS(=O)(=O)C(F)(F)F)OS(=O)(=O)C(F)(F)F. The van der Waals surface area contributed by atoms with E-state index in [0.29, 0.717) is 0 Å². The van der Waals surface area contributed by atoms with Crippen LogP contribution < -0.4 is 0 Å². The third-order valence-electron chi connectivity index (χ3n) is 2.98. The summed E-state index contributed by atoms with van der Waals surface area (Å²) in [5.41, 5.74) is -11.9. The molecular weight excluding hydrogens is 382 g/mol. The van der Waals surface area contributed by atoms with Gasteiger partial charge in [-0.1, -0.05) is 27.2 Å². The Balaban J connectivity index is 5.71. The Morgan fingerprint density at radius 3 is 1.35 bits per heavy atom. The van der Waals surface area contributed by atoms with Gasteiger partial charge in [0, 0.05) is 5.92 Å². The van der Waals surface area contributed by atoms with Gasteiger partial charge in [0.15, 0.2) is 6.29 Å². The Morgan fingerprint density at radius 2 is 1.13 bits per heavy atom. The third kappa shape index (κ3) is 5.76. The van der Waals surface area contributed by atoms with Gasteiger partial charge in [0.25, 0.3) is 0 Å². The lowest BCUT2D eigenvalue weighted by Gasteiger charge is -2.27. The van der Waals surface area contributed by atoms with Crippen LogP contribution in [0.3, 0.4) is 0 Å². The summed E-state index contributed by atoms with van der Waals surface area (Å²) in [5.74, 6) is -2.11. The summed E-state index contributed by atoms with van der Waals surface area (Å²) in [6.45, 7) is 3.83. The molecule has 0 aliphatic rings. The summed E-state index contributed by atoms with van der Waals surface area (Å²) < 4.78 is 124. The maximum atomic E-state index is 12.3. The van der Waals surface area contributed by atoms with Crippen molar-refractivity contribution in [3.8, 4) is 0 Å². The molecule has 0 N–H and O–H groups in total. The average molecular weight is 396 g/mol. The lowest BCUT2D eigenvalue weighted by Crippen LogP contribution is -2.40. The summed E-state index contributed by atoms with van der Waals surface area (Å²) in [4.78, 5) is 0. The van der Waals surface area contributed by atoms with Crippen LogP contribution >= 0.6 is 0 Å². The Bertz CT molecular complexity index is 547. The molecular formula is C9H14F6O6S2. The van der Waals surface area contributed by atoms with Crippen LogP contribution in [0, 0.1) is 11.8 Å². The van der Waals surface area contributed by atoms with Gasteiger partial charge in [0.2, 0.25) is 0 Å². The maximum absolute atomic E-state index is 12.3. The molecule has 23 heavy (non-hydrogen) atoms. The number of hydrogen-bond acceptors (Lipinski definition) is 6. The Morgan fingerprint density at radius 1 is 0.826 bits per heavy atom. The predicted octanol–water partition coefficient (Wildman–Crippen LogP) is 2.73. The van der Waals surface area contributed by atoms with Crippen LogP contribution in [-0.4, -0.2) is 34.1 Å². The molecule has 0 saturated heterocycles. The van der Waals surface area contributed by atoms with E-state index in [-0.39, 0.29) is 6.42 Å². The summed E-state index contributed by atoms with van der Waals surface area (Å²) >= 11 is 0. The highest BCUT2D eigenvalue weighted by atomic mass is 32.2. The van der Waals surface area contributed by atoms with Crippen molar-refractivity contribution in [1.29, 1.82) is 0 Å². The van der Waals surface area contributed by atoms with Crippen molar-refractivity contribution >= 4 is 20.2 Å². The maximum Gasteiger partial charge on any atom is 0.523 e. The molecule has 0 aromatic heterocycles. The van der Waals surface area contributed by atoms with Crippen molar-refractivity contribution in [3.05, 3.63) is 0 Å². The van der Waals surface area contributed by atoms with E-state index in [4.69, 9.17) is 0 Å². The fourth-order valence-corrected chi connectivity index (χ4v) is 2.39. The first kappa shape index (κ1) is 22.4. The Hall–Kier alpha value is -0.600. The molecule has 0 aromatic rings. The zero-order valence-corrected chi connectivity index (χ0v) is 13.6. The van der Waals surface area contributed by atoms with E-state index < -0.39 is 49.4 Å². The quantitative estimate of drug-likeness (QED) is 0.285. The standard InChI is InChI=1S/C9H14F6O6S2/c1-4-5(2)6(3)7(20-22(16,17)8(10,11)12)21-23(18,19)9(13,14)15/h5-7H,4H2,1-3H3. The van der Waals surface area contributed by atoms with Crippen LogP contribution in [0.1, 0.15) is 27.2 Å². The number of halogens is 6. The second-order valence-corrected chi connectivity index (χ2v) is 7.73. The number of hydrogen-bond donors (Lipinski definition) is 0. The van der Waals surface area contributed by atoms with Crippen LogP contribution in [-0.2, 0) is 28.6 Å². The number of alkyl halides is 6. The van der Waals surface area contributed by atoms with Crippen LogP contribution in [0.4, 0.5) is 26.3 Å². The van der Waals surface area contributed by atoms with Crippen LogP contribution in [0.2, 0.25) is 0 Å². The topological polar surface area (TPSA) is 86.7 Å². The first-order chi connectivity index (χ1) is 9.96. The average Bonchev–Trinajstić information content (AvgIpc) is 2.32. The van der Waals surface area contributed by atoms with E-state index >= 15 is 0 Å². The predicted molar refractivity (Wildman–Crippen MR) is 64.5 cm³/mol. The van der Waals surface area contributed by atoms with Crippen molar-refractivity contribution in [2.75, 3.05) is 0 Å². The first-order valence-corrected chi connectivity index (χ1v) is 8.77. The van der Waals surface area contributed by atoms with Gasteiger partial charge < -0.3 is 0 Å². The minimum atomic E-state index is -6.36. The highest BCUT2D eigenvalue weighted by Crippen LogP contribution is 2.33. The molecule has 0 aliphatic heterocycles. The van der Waals surface area contributed by atoms with Gasteiger partial charge in [-0.25, -0.2) is 8.37 Å². The zero-order valence-electron chi connectivity index (χ0n) is 12.0. The first-order valence-electron chi connectivity index (χ1n) is 5.95. The van der Waals surface area contributed by atoms with Crippen LogP contribution in [0.15, 0.2) is 0 Å². The molecule has 0 amide bonds. The molecule has 0 radical (unpaired) electrons. The molecule has 0 spiro atoms. The van der Waals surface area contributed by atoms with Crippen LogP contribution in [0.25, 0.3) is 0 Å². The zero-order chi connectivity index (χ0) is 18.9. The summed E-state index contributed by atoms with van der Waals surface area (Å²) in [7, 11) is -12.7. The molecule has 0 heterocycles. The Labute approximate surface area is 129 Å². The second-order valence-electron chi connectivity index (χ2n) is 4.61. The van der Waals surface area contributed by atoms with Gasteiger partial charge in [-0.2, -0.15) is 43.2 Å². The van der Waals surface area contributed by atoms with E-state index in [9.17, 15) is 43.2 Å². The molecule has 140 valence electrons. The van der Waals surface area contributed by atoms with Gasteiger partial charge in [-0.05, 0) is 5.92 Å². The highest BCUT2D eigenvalue weighted by Gasteiger charge is 2.53. The molecule has 14 heteroatoms. The van der Waals surface area contributed by atoms with Crippen molar-refractivity contribution in [2.45, 2.75) is 44.5 Å². The van der Waals surface area contributed by atoms with E-state index in [1.54, 1.807) is 0 Å². The van der Waals surface area contributed by atoms with E-state index in [0.717, 1.165) is 6.92 Å². The fourth-order valence-electron chi connectivity index (χ4n) is 1.19. The van der Waals surface area contributed by atoms with Gasteiger partial charge in [-0.3, -0.25) is 0 Å². The monoisotopic (exact) mass is 396 g/mol. The van der Waals surface area contributed by atoms with Crippen molar-refractivity contribution in [3.63, 3.8) is 0 Å². The van der Waals surface area contributed by atoms with Crippen LogP contribution in [0.5, 0.6) is 0 Å². The van der Waals surface area contributed by atoms with E-state index in [1.165, 1.54) is 13.8 Å². The molecule has 0 bridgehead atoms. The second kappa shape index (κ2) is 7.11. The molecule has 2 unspecified atom stereocenters. The van der Waals surface area contributed by atoms with E-state index in [2.05, 4.69) is 8.37 Å². The molecule has 6 nitrogen and oxygen atoms in total. The molecule has 0 aromatic carbocycles. The third-order valence-corrected chi connectivity index (χ3v) is 5.00. The summed E-state index contributed by atoms with van der Waals surface area (Å²) in [6.07, 6.45) is -2.63. The van der Waals surface area contributed by atoms with Crippen molar-refractivity contribution in [1.82, 2.24) is 0 Å². The smallest absolute Gasteiger partial charge is 0.230 e. The largest absolute Gasteiger partial charge is 0.523 e. The lowest BCUT2D eigenvalue weighted by molar-refractivity contribution is -0.104. The molecule has 0 rings (SSSR count). The van der Waals surface area contributed by atoms with Gasteiger partial charge in [0.05, 0.1) is 0 Å². The molecule has 2 atom stereocenters. The Kier molecular flexibility index (Phi) is 6.92. The summed E-state index contributed by atoms with van der Waals surface area (Å²) in [6, 6.07) is 0. The van der Waals surface area contributed by atoms with Gasteiger partial charge in [-0.15, -0.1) is 0 Å². The number of rotatable bonds is 7. The highest BCUT2D eigenvalue weighted by molar-refractivity contribution is 7.88. The summed E-state index contributed by atoms with van der Waals surface area (Å²) in [5, 5.41) is 0. The fraction of sp³-hybridized carbons (Fsp3) is 1.00. The normalized spacial score (nSPS) is 17.3. The minimum absolute atomic E-state index is 0.183. The van der Waals surface area contributed by atoms with Gasteiger partial charge >= 0.3 is 31.3 Å².